The lowest BCUT2D eigenvalue weighted by atomic mass is 10.2. The summed E-state index contributed by atoms with van der Waals surface area (Å²) in [6.45, 7) is 0.521. The molecule has 2 amide bonds. The molecule has 0 radical (unpaired) electrons. The predicted octanol–water partition coefficient (Wildman–Crippen LogP) is 1.12. The number of hydrogen-bond acceptors (Lipinski definition) is 6. The molecule has 0 atom stereocenters. The van der Waals surface area contributed by atoms with Crippen LogP contribution in [0.5, 0.6) is 5.75 Å². The maximum absolute atomic E-state index is 12.1. The molecule has 8 nitrogen and oxygen atoms in total. The van der Waals surface area contributed by atoms with Crippen molar-refractivity contribution in [1.29, 1.82) is 0 Å². The van der Waals surface area contributed by atoms with Gasteiger partial charge in [-0.2, -0.15) is 4.98 Å². The summed E-state index contributed by atoms with van der Waals surface area (Å²) in [5.41, 5.74) is 0.442. The van der Waals surface area contributed by atoms with Crippen LogP contribution in [-0.2, 0) is 0 Å². The number of hydrogen-bond donors (Lipinski definition) is 2. The normalized spacial score (nSPS) is 13.4. The van der Waals surface area contributed by atoms with Crippen LogP contribution in [0.15, 0.2) is 28.8 Å². The first-order valence-corrected chi connectivity index (χ1v) is 7.72. The highest BCUT2D eigenvalue weighted by Crippen LogP contribution is 2.38. The fourth-order valence-corrected chi connectivity index (χ4v) is 2.19. The molecule has 2 aromatic rings. The molecule has 1 fully saturated rings. The van der Waals surface area contributed by atoms with Crippen LogP contribution in [0.25, 0.3) is 0 Å². The van der Waals surface area contributed by atoms with Gasteiger partial charge in [-0.25, -0.2) is 0 Å². The Hall–Kier alpha value is -2.90. The van der Waals surface area contributed by atoms with Crippen LogP contribution in [0.1, 0.15) is 45.6 Å². The van der Waals surface area contributed by atoms with Crippen LogP contribution in [0.4, 0.5) is 0 Å². The number of nitrogens with zero attached hydrogens (tertiary/aromatic N) is 2. The summed E-state index contributed by atoms with van der Waals surface area (Å²) < 4.78 is 10.1. The zero-order valence-electron chi connectivity index (χ0n) is 13.2. The zero-order valence-corrected chi connectivity index (χ0v) is 13.2. The number of carbonyl (C=O) groups excluding carboxylic acids is 2. The second-order valence-electron chi connectivity index (χ2n) is 5.44. The fraction of sp³-hybridized carbons (Fsp3) is 0.375. The van der Waals surface area contributed by atoms with Gasteiger partial charge in [-0.15, -0.1) is 0 Å². The van der Waals surface area contributed by atoms with Crippen LogP contribution in [0, 0.1) is 0 Å². The third kappa shape index (κ3) is 3.70. The molecule has 0 aliphatic heterocycles. The Bertz CT molecular complexity index is 739. The minimum absolute atomic E-state index is 0.0482. The summed E-state index contributed by atoms with van der Waals surface area (Å²) in [6.07, 6.45) is 2.07. The van der Waals surface area contributed by atoms with Crippen LogP contribution < -0.4 is 15.4 Å². The third-order valence-corrected chi connectivity index (χ3v) is 3.63. The highest BCUT2D eigenvalue weighted by molar-refractivity contribution is 5.97. The van der Waals surface area contributed by atoms with E-state index in [1.165, 1.54) is 7.11 Å². The molecule has 0 spiro atoms. The van der Waals surface area contributed by atoms with Crippen molar-refractivity contribution in [3.63, 3.8) is 0 Å². The van der Waals surface area contributed by atoms with Gasteiger partial charge in [-0.05, 0) is 25.0 Å². The molecule has 0 unspecified atom stereocenters. The van der Waals surface area contributed by atoms with Crippen LogP contribution in [0.3, 0.4) is 0 Å². The summed E-state index contributed by atoms with van der Waals surface area (Å²) >= 11 is 0. The SMILES string of the molecule is COc1ccccc1C(=O)NCCNC(=O)c1nc(C2CC2)no1. The lowest BCUT2D eigenvalue weighted by molar-refractivity contribution is 0.0897. The molecule has 2 N–H and O–H groups in total. The molecular formula is C16H18N4O4. The Morgan fingerprint density at radius 3 is 2.62 bits per heavy atom. The molecule has 24 heavy (non-hydrogen) atoms. The average molecular weight is 330 g/mol. The highest BCUT2D eigenvalue weighted by Gasteiger charge is 2.29. The Morgan fingerprint density at radius 2 is 1.92 bits per heavy atom. The van der Waals surface area contributed by atoms with Crippen molar-refractivity contribution in [1.82, 2.24) is 20.8 Å². The summed E-state index contributed by atoms with van der Waals surface area (Å²) in [5.74, 6) is 0.655. The number of para-hydroxylation sites is 1. The van der Waals surface area contributed by atoms with Gasteiger partial charge in [0.2, 0.25) is 0 Å². The molecule has 8 heteroatoms. The average Bonchev–Trinajstić information content (AvgIpc) is 3.35. The maximum Gasteiger partial charge on any atom is 0.315 e. The van der Waals surface area contributed by atoms with Gasteiger partial charge < -0.3 is 19.9 Å². The van der Waals surface area contributed by atoms with E-state index in [9.17, 15) is 9.59 Å². The topological polar surface area (TPSA) is 106 Å². The zero-order chi connectivity index (χ0) is 16.9. The molecule has 126 valence electrons. The lowest BCUT2D eigenvalue weighted by Gasteiger charge is -2.09. The smallest absolute Gasteiger partial charge is 0.315 e. The molecule has 1 aliphatic rings. The van der Waals surface area contributed by atoms with Crippen molar-refractivity contribution in [3.8, 4) is 5.75 Å². The van der Waals surface area contributed by atoms with Crippen LogP contribution in [0.2, 0.25) is 0 Å². The Labute approximate surface area is 138 Å². The molecule has 0 bridgehead atoms. The summed E-state index contributed by atoms with van der Waals surface area (Å²) in [6, 6.07) is 6.93. The summed E-state index contributed by atoms with van der Waals surface area (Å²) in [5, 5.41) is 9.12. The van der Waals surface area contributed by atoms with E-state index in [1.54, 1.807) is 24.3 Å². The quantitative estimate of drug-likeness (QED) is 0.737. The number of rotatable bonds is 7. The van der Waals surface area contributed by atoms with Gasteiger partial charge in [0.05, 0.1) is 12.7 Å². The molecule has 1 saturated carbocycles. The van der Waals surface area contributed by atoms with Crippen molar-refractivity contribution in [2.24, 2.45) is 0 Å². The van der Waals surface area contributed by atoms with E-state index >= 15 is 0 Å². The van der Waals surface area contributed by atoms with E-state index in [-0.39, 0.29) is 24.9 Å². The Morgan fingerprint density at radius 1 is 1.21 bits per heavy atom. The second-order valence-corrected chi connectivity index (χ2v) is 5.44. The fourth-order valence-electron chi connectivity index (χ4n) is 2.19. The molecule has 1 aromatic heterocycles. The number of amides is 2. The Kier molecular flexibility index (Phi) is 4.74. The third-order valence-electron chi connectivity index (χ3n) is 3.63. The standard InChI is InChI=1S/C16H18N4O4/c1-23-12-5-3-2-4-11(12)14(21)17-8-9-18-15(22)16-19-13(20-24-16)10-6-7-10/h2-5,10H,6-9H2,1H3,(H,17,21)(H,18,22). The lowest BCUT2D eigenvalue weighted by Crippen LogP contribution is -2.35. The maximum atomic E-state index is 12.1. The number of carbonyl (C=O) groups is 2. The van der Waals surface area contributed by atoms with Crippen LogP contribution >= 0.6 is 0 Å². The van der Waals surface area contributed by atoms with Crippen LogP contribution in [-0.4, -0.2) is 42.2 Å². The van der Waals surface area contributed by atoms with Crippen molar-refractivity contribution in [3.05, 3.63) is 41.5 Å². The number of benzene rings is 1. The molecular weight excluding hydrogens is 312 g/mol. The molecule has 1 aromatic carbocycles. The molecule has 3 rings (SSSR count). The van der Waals surface area contributed by atoms with E-state index < -0.39 is 5.91 Å². The minimum atomic E-state index is -0.444. The monoisotopic (exact) mass is 330 g/mol. The van der Waals surface area contributed by atoms with E-state index in [4.69, 9.17) is 9.26 Å². The molecule has 0 saturated heterocycles. The predicted molar refractivity (Wildman–Crippen MR) is 83.9 cm³/mol. The largest absolute Gasteiger partial charge is 0.496 e. The van der Waals surface area contributed by atoms with E-state index in [2.05, 4.69) is 20.8 Å². The van der Waals surface area contributed by atoms with E-state index in [1.807, 2.05) is 0 Å². The van der Waals surface area contributed by atoms with Crippen molar-refractivity contribution in [2.45, 2.75) is 18.8 Å². The van der Waals surface area contributed by atoms with Gasteiger partial charge in [-0.1, -0.05) is 17.3 Å². The molecule has 1 aliphatic carbocycles. The van der Waals surface area contributed by atoms with Crippen molar-refractivity contribution in [2.75, 3.05) is 20.2 Å². The van der Waals surface area contributed by atoms with Gasteiger partial charge in [0.25, 0.3) is 5.91 Å². The van der Waals surface area contributed by atoms with Crippen molar-refractivity contribution >= 4 is 11.8 Å². The second kappa shape index (κ2) is 7.12. The number of aromatic nitrogens is 2. The first-order chi connectivity index (χ1) is 11.7. The number of nitrogens with one attached hydrogen (secondary N) is 2. The van der Waals surface area contributed by atoms with Gasteiger partial charge in [0.15, 0.2) is 5.82 Å². The van der Waals surface area contributed by atoms with E-state index in [0.29, 0.717) is 23.1 Å². The Balaban J connectivity index is 1.44. The highest BCUT2D eigenvalue weighted by atomic mass is 16.5. The van der Waals surface area contributed by atoms with Gasteiger partial charge >= 0.3 is 11.8 Å². The summed E-state index contributed by atoms with van der Waals surface area (Å²) in [7, 11) is 1.51. The number of methoxy groups -OCH3 is 1. The van der Waals surface area contributed by atoms with Gasteiger partial charge in [0.1, 0.15) is 5.75 Å². The summed E-state index contributed by atoms with van der Waals surface area (Å²) in [4.78, 5) is 28.0. The van der Waals surface area contributed by atoms with E-state index in [0.717, 1.165) is 12.8 Å². The first-order valence-electron chi connectivity index (χ1n) is 7.72. The van der Waals surface area contributed by atoms with Crippen molar-refractivity contribution < 1.29 is 18.8 Å². The molecule has 1 heterocycles. The first kappa shape index (κ1) is 16.0. The minimum Gasteiger partial charge on any atom is -0.496 e. The van der Waals surface area contributed by atoms with Gasteiger partial charge in [0, 0.05) is 19.0 Å². The number of ether oxygens (including phenoxy) is 1. The van der Waals surface area contributed by atoms with Gasteiger partial charge in [-0.3, -0.25) is 9.59 Å².